The Balaban J connectivity index is 1.37. The molecule has 6 heteroatoms. The highest BCUT2D eigenvalue weighted by molar-refractivity contribution is 7.99. The molecule has 0 aliphatic carbocycles. The minimum atomic E-state index is -0.131. The first-order valence-corrected chi connectivity index (χ1v) is 10.0. The summed E-state index contributed by atoms with van der Waals surface area (Å²) in [6, 6.07) is 20.2. The molecule has 0 unspecified atom stereocenters. The van der Waals surface area contributed by atoms with Crippen molar-refractivity contribution in [2.45, 2.75) is 24.4 Å². The molecule has 0 aliphatic rings. The molecule has 0 saturated heterocycles. The van der Waals surface area contributed by atoms with Gasteiger partial charge in [-0.3, -0.25) is 4.68 Å². The molecule has 2 aromatic carbocycles. The maximum Gasteiger partial charge on any atom is 0.315 e. The van der Waals surface area contributed by atoms with Crippen molar-refractivity contribution in [1.29, 1.82) is 0 Å². The second kappa shape index (κ2) is 10.4. The van der Waals surface area contributed by atoms with Gasteiger partial charge in [0.05, 0.1) is 6.54 Å². The fraction of sp³-hybridized carbons (Fsp3) is 0.238. The van der Waals surface area contributed by atoms with Crippen LogP contribution in [0, 0.1) is 0 Å². The van der Waals surface area contributed by atoms with Crippen LogP contribution in [0.5, 0.6) is 0 Å². The van der Waals surface area contributed by atoms with Crippen LogP contribution in [0.2, 0.25) is 0 Å². The molecule has 27 heavy (non-hydrogen) atoms. The van der Waals surface area contributed by atoms with Crippen LogP contribution in [0.3, 0.4) is 0 Å². The average molecular weight is 381 g/mol. The topological polar surface area (TPSA) is 59.0 Å². The van der Waals surface area contributed by atoms with Gasteiger partial charge in [-0.05, 0) is 41.5 Å². The van der Waals surface area contributed by atoms with E-state index in [0.717, 1.165) is 23.3 Å². The Hall–Kier alpha value is -2.73. The Bertz CT molecular complexity index is 821. The number of urea groups is 1. The normalized spacial score (nSPS) is 10.5. The summed E-state index contributed by atoms with van der Waals surface area (Å²) in [5.74, 6) is 0.983. The van der Waals surface area contributed by atoms with Gasteiger partial charge in [0.1, 0.15) is 0 Å². The second-order valence-corrected chi connectivity index (χ2v) is 7.27. The summed E-state index contributed by atoms with van der Waals surface area (Å²) in [6.45, 7) is 1.87. The van der Waals surface area contributed by atoms with Gasteiger partial charge in [0.25, 0.3) is 0 Å². The minimum Gasteiger partial charge on any atom is -0.338 e. The van der Waals surface area contributed by atoms with Gasteiger partial charge in [-0.2, -0.15) is 5.10 Å². The first-order chi connectivity index (χ1) is 13.3. The van der Waals surface area contributed by atoms with E-state index < -0.39 is 0 Å². The molecule has 0 aliphatic heterocycles. The van der Waals surface area contributed by atoms with Crippen LogP contribution in [0.4, 0.5) is 4.79 Å². The lowest BCUT2D eigenvalue weighted by Crippen LogP contribution is -2.36. The molecule has 0 saturated carbocycles. The van der Waals surface area contributed by atoms with E-state index in [1.807, 2.05) is 53.3 Å². The number of amides is 2. The largest absolute Gasteiger partial charge is 0.338 e. The highest BCUT2D eigenvalue weighted by Crippen LogP contribution is 2.17. The highest BCUT2D eigenvalue weighted by Gasteiger charge is 2.05. The summed E-state index contributed by atoms with van der Waals surface area (Å²) in [5.41, 5.74) is 2.25. The third-order valence-corrected chi connectivity index (χ3v) is 5.17. The summed E-state index contributed by atoms with van der Waals surface area (Å²) in [6.07, 6.45) is 4.64. The Labute approximate surface area is 164 Å². The predicted molar refractivity (Wildman–Crippen MR) is 110 cm³/mol. The van der Waals surface area contributed by atoms with Gasteiger partial charge in [0.2, 0.25) is 0 Å². The number of aromatic nitrogens is 2. The van der Waals surface area contributed by atoms with Crippen LogP contribution in [0.15, 0.2) is 78.0 Å². The summed E-state index contributed by atoms with van der Waals surface area (Å²) < 4.78 is 1.88. The van der Waals surface area contributed by atoms with Crippen molar-refractivity contribution in [2.75, 3.05) is 12.3 Å². The second-order valence-electron chi connectivity index (χ2n) is 6.10. The summed E-state index contributed by atoms with van der Waals surface area (Å²) >= 11 is 1.81. The molecule has 2 N–H and O–H groups in total. The number of thioether (sulfide) groups is 1. The molecular formula is C21H24N4OS. The maximum absolute atomic E-state index is 12.0. The van der Waals surface area contributed by atoms with E-state index in [9.17, 15) is 4.79 Å². The Kier molecular flexibility index (Phi) is 7.35. The zero-order valence-corrected chi connectivity index (χ0v) is 16.0. The number of benzene rings is 2. The van der Waals surface area contributed by atoms with Gasteiger partial charge >= 0.3 is 6.03 Å². The molecule has 3 rings (SSSR count). The summed E-state index contributed by atoms with van der Waals surface area (Å²) in [5, 5.41) is 10.1. The minimum absolute atomic E-state index is 0.131. The fourth-order valence-corrected chi connectivity index (χ4v) is 3.55. The van der Waals surface area contributed by atoms with Crippen LogP contribution >= 0.6 is 11.8 Å². The zero-order valence-electron chi connectivity index (χ0n) is 15.2. The molecule has 140 valence electrons. The van der Waals surface area contributed by atoms with E-state index in [-0.39, 0.29) is 6.03 Å². The molecule has 0 spiro atoms. The van der Waals surface area contributed by atoms with E-state index in [1.165, 1.54) is 4.90 Å². The lowest BCUT2D eigenvalue weighted by Gasteiger charge is -2.12. The van der Waals surface area contributed by atoms with E-state index >= 15 is 0 Å². The molecule has 2 amide bonds. The van der Waals surface area contributed by atoms with Crippen LogP contribution in [-0.2, 0) is 13.1 Å². The van der Waals surface area contributed by atoms with Crippen molar-refractivity contribution < 1.29 is 4.79 Å². The molecule has 5 nitrogen and oxygen atoms in total. The first kappa shape index (κ1) is 19.0. The Morgan fingerprint density at radius 3 is 2.52 bits per heavy atom. The fourth-order valence-electron chi connectivity index (χ4n) is 2.67. The molecule has 0 radical (unpaired) electrons. The number of hydrogen-bond donors (Lipinski definition) is 2. The van der Waals surface area contributed by atoms with E-state index in [1.54, 1.807) is 18.0 Å². The quantitative estimate of drug-likeness (QED) is 0.437. The number of carbonyl (C=O) groups is 1. The zero-order chi connectivity index (χ0) is 18.7. The van der Waals surface area contributed by atoms with Gasteiger partial charge in [-0.15, -0.1) is 11.8 Å². The number of rotatable bonds is 9. The van der Waals surface area contributed by atoms with Crippen LogP contribution in [0.1, 0.15) is 17.5 Å². The summed E-state index contributed by atoms with van der Waals surface area (Å²) in [4.78, 5) is 13.3. The van der Waals surface area contributed by atoms with Gasteiger partial charge in [-0.25, -0.2) is 4.79 Å². The van der Waals surface area contributed by atoms with Gasteiger partial charge in [0.15, 0.2) is 0 Å². The third-order valence-electron chi connectivity index (χ3n) is 4.07. The van der Waals surface area contributed by atoms with Crippen molar-refractivity contribution >= 4 is 17.8 Å². The van der Waals surface area contributed by atoms with Crippen molar-refractivity contribution in [2.24, 2.45) is 0 Å². The van der Waals surface area contributed by atoms with Gasteiger partial charge in [-0.1, -0.05) is 42.5 Å². The van der Waals surface area contributed by atoms with Crippen molar-refractivity contribution in [3.05, 3.63) is 84.2 Å². The molecule has 1 heterocycles. The molecular weight excluding hydrogens is 356 g/mol. The van der Waals surface area contributed by atoms with Crippen LogP contribution < -0.4 is 10.6 Å². The van der Waals surface area contributed by atoms with Crippen molar-refractivity contribution in [1.82, 2.24) is 20.4 Å². The number of carbonyl (C=O) groups excluding carboxylic acids is 1. The monoisotopic (exact) mass is 380 g/mol. The molecule has 0 bridgehead atoms. The van der Waals surface area contributed by atoms with Gasteiger partial charge in [0, 0.05) is 30.4 Å². The number of hydrogen-bond acceptors (Lipinski definition) is 3. The predicted octanol–water partition coefficient (Wildman–Crippen LogP) is 3.91. The molecule has 3 aromatic rings. The average Bonchev–Trinajstić information content (AvgIpc) is 3.21. The SMILES string of the molecule is O=C(NCCCSc1ccccc1)NCc1ccccc1Cn1cccn1. The van der Waals surface area contributed by atoms with E-state index in [0.29, 0.717) is 19.6 Å². The van der Waals surface area contributed by atoms with Crippen molar-refractivity contribution in [3.8, 4) is 0 Å². The Morgan fingerprint density at radius 2 is 1.74 bits per heavy atom. The van der Waals surface area contributed by atoms with E-state index in [2.05, 4.69) is 33.9 Å². The third kappa shape index (κ3) is 6.49. The lowest BCUT2D eigenvalue weighted by molar-refractivity contribution is 0.240. The van der Waals surface area contributed by atoms with Gasteiger partial charge < -0.3 is 10.6 Å². The van der Waals surface area contributed by atoms with Crippen LogP contribution in [-0.4, -0.2) is 28.1 Å². The van der Waals surface area contributed by atoms with E-state index in [4.69, 9.17) is 0 Å². The maximum atomic E-state index is 12.0. The molecule has 1 aromatic heterocycles. The molecule has 0 atom stereocenters. The lowest BCUT2D eigenvalue weighted by atomic mass is 10.1. The smallest absolute Gasteiger partial charge is 0.315 e. The molecule has 0 fully saturated rings. The van der Waals surface area contributed by atoms with Crippen LogP contribution in [0.25, 0.3) is 0 Å². The number of nitrogens with one attached hydrogen (secondary N) is 2. The first-order valence-electron chi connectivity index (χ1n) is 9.05. The number of nitrogens with zero attached hydrogens (tertiary/aromatic N) is 2. The summed E-state index contributed by atoms with van der Waals surface area (Å²) in [7, 11) is 0. The standard InChI is InChI=1S/C21H24N4OS/c26-21(22-12-7-15-27-20-10-2-1-3-11-20)23-16-18-8-4-5-9-19(18)17-25-14-6-13-24-25/h1-6,8-11,13-14H,7,12,15-17H2,(H2,22,23,26). The highest BCUT2D eigenvalue weighted by atomic mass is 32.2. The van der Waals surface area contributed by atoms with Crippen molar-refractivity contribution in [3.63, 3.8) is 0 Å². The Morgan fingerprint density at radius 1 is 0.963 bits per heavy atom.